The Morgan fingerprint density at radius 3 is 2.27 bits per heavy atom. The third-order valence-electron chi connectivity index (χ3n) is 5.96. The lowest BCUT2D eigenvalue weighted by Crippen LogP contribution is -2.45. The Labute approximate surface area is 182 Å². The summed E-state index contributed by atoms with van der Waals surface area (Å²) in [6, 6.07) is 18.2. The Balaban J connectivity index is 2.07. The Bertz CT molecular complexity index is 916. The third kappa shape index (κ3) is 4.49. The third-order valence-corrected chi connectivity index (χ3v) is 6.21. The fourth-order valence-electron chi connectivity index (χ4n) is 4.55. The molecule has 1 N–H and O–H groups in total. The van der Waals surface area contributed by atoms with Gasteiger partial charge >= 0.3 is 5.97 Å². The molecule has 0 aromatic heterocycles. The Morgan fingerprint density at radius 2 is 1.70 bits per heavy atom. The molecule has 5 nitrogen and oxygen atoms in total. The minimum absolute atomic E-state index is 0.366. The van der Waals surface area contributed by atoms with Crippen LogP contribution in [0.4, 0.5) is 5.69 Å². The standard InChI is InChI=1S/C24H25ClN2O3/c1-30-23(29)24(14-6-3-7-15-24)21(17-10-12-18(25)13-11-17)20(16-26)22(28)27-19-8-4-2-5-9-19/h2,4-5,8-13,20-21H,3,6-7,14-15H2,1H3,(H,27,28). The van der Waals surface area contributed by atoms with Crippen LogP contribution in [0.25, 0.3) is 0 Å². The van der Waals surface area contributed by atoms with Crippen molar-refractivity contribution < 1.29 is 14.3 Å². The Kier molecular flexibility index (Phi) is 7.12. The van der Waals surface area contributed by atoms with E-state index in [-0.39, 0.29) is 5.97 Å². The number of benzene rings is 2. The number of hydrogen-bond donors (Lipinski definition) is 1. The number of carbonyl (C=O) groups is 2. The predicted octanol–water partition coefficient (Wildman–Crippen LogP) is 5.33. The second kappa shape index (κ2) is 9.77. The molecular formula is C24H25ClN2O3. The Morgan fingerprint density at radius 1 is 1.07 bits per heavy atom. The number of amides is 1. The molecular weight excluding hydrogens is 400 g/mol. The van der Waals surface area contributed by atoms with Crippen LogP contribution in [0.2, 0.25) is 5.02 Å². The van der Waals surface area contributed by atoms with E-state index in [1.165, 1.54) is 7.11 Å². The summed E-state index contributed by atoms with van der Waals surface area (Å²) in [7, 11) is 1.36. The highest BCUT2D eigenvalue weighted by atomic mass is 35.5. The maximum Gasteiger partial charge on any atom is 0.312 e. The van der Waals surface area contributed by atoms with Crippen molar-refractivity contribution in [2.45, 2.75) is 38.0 Å². The molecule has 0 bridgehead atoms. The van der Waals surface area contributed by atoms with Crippen LogP contribution in [0, 0.1) is 22.7 Å². The van der Waals surface area contributed by atoms with E-state index in [0.29, 0.717) is 23.6 Å². The molecule has 2 unspecified atom stereocenters. The number of nitrogens with zero attached hydrogens (tertiary/aromatic N) is 1. The summed E-state index contributed by atoms with van der Waals surface area (Å²) in [5.74, 6) is -2.51. The first kappa shape index (κ1) is 21.9. The Hall–Kier alpha value is -2.84. The number of halogens is 1. The summed E-state index contributed by atoms with van der Waals surface area (Å²) in [5.41, 5.74) is 0.407. The largest absolute Gasteiger partial charge is 0.469 e. The number of nitriles is 1. The maximum atomic E-state index is 13.2. The van der Waals surface area contributed by atoms with Crippen molar-refractivity contribution in [2.24, 2.45) is 11.3 Å². The molecule has 2 atom stereocenters. The number of carbonyl (C=O) groups excluding carboxylic acids is 2. The van der Waals surface area contributed by atoms with Crippen LogP contribution in [-0.2, 0) is 14.3 Å². The van der Waals surface area contributed by atoms with Crippen molar-refractivity contribution in [3.8, 4) is 6.07 Å². The normalized spacial score (nSPS) is 17.2. The van der Waals surface area contributed by atoms with Gasteiger partial charge in [0.05, 0.1) is 18.6 Å². The van der Waals surface area contributed by atoms with Gasteiger partial charge < -0.3 is 10.1 Å². The summed E-state index contributed by atoms with van der Waals surface area (Å²) >= 11 is 6.07. The van der Waals surface area contributed by atoms with Gasteiger partial charge in [-0.25, -0.2) is 0 Å². The van der Waals surface area contributed by atoms with E-state index in [9.17, 15) is 14.9 Å². The minimum atomic E-state index is -1.07. The summed E-state index contributed by atoms with van der Waals surface area (Å²) < 4.78 is 5.21. The van der Waals surface area contributed by atoms with Crippen LogP contribution in [-0.4, -0.2) is 19.0 Å². The lowest BCUT2D eigenvalue weighted by Gasteiger charge is -2.42. The van der Waals surface area contributed by atoms with Gasteiger partial charge in [0.2, 0.25) is 5.91 Å². The van der Waals surface area contributed by atoms with Gasteiger partial charge in [0.1, 0.15) is 5.92 Å². The minimum Gasteiger partial charge on any atom is -0.469 e. The van der Waals surface area contributed by atoms with E-state index in [1.807, 2.05) is 18.2 Å². The van der Waals surface area contributed by atoms with Crippen molar-refractivity contribution in [1.82, 2.24) is 0 Å². The van der Waals surface area contributed by atoms with E-state index in [0.717, 1.165) is 24.8 Å². The van der Waals surface area contributed by atoms with E-state index in [1.54, 1.807) is 36.4 Å². The van der Waals surface area contributed by atoms with Crippen molar-refractivity contribution in [1.29, 1.82) is 5.26 Å². The number of anilines is 1. The molecule has 0 spiro atoms. The van der Waals surface area contributed by atoms with Crippen molar-refractivity contribution >= 4 is 29.2 Å². The molecule has 0 heterocycles. The van der Waals surface area contributed by atoms with Gasteiger partial charge in [0.15, 0.2) is 0 Å². The number of esters is 1. The van der Waals surface area contributed by atoms with Crippen LogP contribution in [0.3, 0.4) is 0 Å². The topological polar surface area (TPSA) is 79.2 Å². The number of rotatable bonds is 6. The van der Waals surface area contributed by atoms with Gasteiger partial charge in [-0.15, -0.1) is 0 Å². The quantitative estimate of drug-likeness (QED) is 0.636. The van der Waals surface area contributed by atoms with E-state index < -0.39 is 23.2 Å². The molecule has 1 fully saturated rings. The molecule has 1 amide bonds. The lowest BCUT2D eigenvalue weighted by atomic mass is 9.59. The lowest BCUT2D eigenvalue weighted by molar-refractivity contribution is -0.158. The average Bonchev–Trinajstić information content (AvgIpc) is 2.78. The number of hydrogen-bond acceptors (Lipinski definition) is 4. The first-order chi connectivity index (χ1) is 14.5. The second-order valence-electron chi connectivity index (χ2n) is 7.70. The molecule has 1 saturated carbocycles. The molecule has 3 rings (SSSR count). The zero-order chi connectivity index (χ0) is 21.6. The number of para-hydroxylation sites is 1. The van der Waals surface area contributed by atoms with Crippen molar-refractivity contribution in [3.63, 3.8) is 0 Å². The highest BCUT2D eigenvalue weighted by Gasteiger charge is 2.52. The monoisotopic (exact) mass is 424 g/mol. The molecule has 2 aromatic carbocycles. The summed E-state index contributed by atoms with van der Waals surface area (Å²) in [6.07, 6.45) is 3.85. The van der Waals surface area contributed by atoms with Crippen LogP contribution in [0.1, 0.15) is 43.6 Å². The van der Waals surface area contributed by atoms with E-state index in [2.05, 4.69) is 11.4 Å². The summed E-state index contributed by atoms with van der Waals surface area (Å²) in [5, 5.41) is 13.5. The van der Waals surface area contributed by atoms with Crippen LogP contribution in [0.5, 0.6) is 0 Å². The zero-order valence-electron chi connectivity index (χ0n) is 16.9. The second-order valence-corrected chi connectivity index (χ2v) is 8.14. The van der Waals surface area contributed by atoms with Gasteiger partial charge in [-0.1, -0.05) is 61.2 Å². The van der Waals surface area contributed by atoms with E-state index in [4.69, 9.17) is 16.3 Å². The smallest absolute Gasteiger partial charge is 0.312 e. The molecule has 0 radical (unpaired) electrons. The van der Waals surface area contributed by atoms with Gasteiger partial charge in [-0.05, 0) is 42.7 Å². The molecule has 0 saturated heterocycles. The molecule has 2 aromatic rings. The zero-order valence-corrected chi connectivity index (χ0v) is 17.7. The van der Waals surface area contributed by atoms with Gasteiger partial charge in [0.25, 0.3) is 0 Å². The van der Waals surface area contributed by atoms with Gasteiger partial charge in [-0.2, -0.15) is 5.26 Å². The van der Waals surface area contributed by atoms with Crippen molar-refractivity contribution in [3.05, 3.63) is 65.2 Å². The van der Waals surface area contributed by atoms with Crippen LogP contribution in [0.15, 0.2) is 54.6 Å². The highest BCUT2D eigenvalue weighted by molar-refractivity contribution is 6.30. The summed E-state index contributed by atoms with van der Waals surface area (Å²) in [6.45, 7) is 0. The first-order valence-electron chi connectivity index (χ1n) is 10.1. The molecule has 1 aliphatic carbocycles. The summed E-state index contributed by atoms with van der Waals surface area (Å²) in [4.78, 5) is 26.3. The fraction of sp³-hybridized carbons (Fsp3) is 0.375. The molecule has 1 aliphatic rings. The van der Waals surface area contributed by atoms with Gasteiger partial charge in [0, 0.05) is 16.6 Å². The molecule has 30 heavy (non-hydrogen) atoms. The van der Waals surface area contributed by atoms with Crippen LogP contribution >= 0.6 is 11.6 Å². The number of methoxy groups -OCH3 is 1. The number of ether oxygens (including phenoxy) is 1. The van der Waals surface area contributed by atoms with E-state index >= 15 is 0 Å². The van der Waals surface area contributed by atoms with Crippen LogP contribution < -0.4 is 5.32 Å². The SMILES string of the molecule is COC(=O)C1(C(c2ccc(Cl)cc2)C(C#N)C(=O)Nc2ccccc2)CCCCC1. The fourth-order valence-corrected chi connectivity index (χ4v) is 4.68. The maximum absolute atomic E-state index is 13.2. The molecule has 6 heteroatoms. The van der Waals surface area contributed by atoms with Crippen molar-refractivity contribution in [2.75, 3.05) is 12.4 Å². The molecule has 0 aliphatic heterocycles. The number of nitrogens with one attached hydrogen (secondary N) is 1. The molecule has 156 valence electrons. The first-order valence-corrected chi connectivity index (χ1v) is 10.5. The average molecular weight is 425 g/mol. The highest BCUT2D eigenvalue weighted by Crippen LogP contribution is 2.52. The predicted molar refractivity (Wildman–Crippen MR) is 116 cm³/mol. The van der Waals surface area contributed by atoms with Gasteiger partial charge in [-0.3, -0.25) is 9.59 Å².